The van der Waals surface area contributed by atoms with E-state index in [4.69, 9.17) is 5.11 Å². The Kier molecular flexibility index (Phi) is 2.25. The second-order valence-corrected chi connectivity index (χ2v) is 3.32. The van der Waals surface area contributed by atoms with E-state index < -0.39 is 0 Å². The summed E-state index contributed by atoms with van der Waals surface area (Å²) >= 11 is 0. The monoisotopic (exact) mass is 203 g/mol. The molecule has 1 aromatic carbocycles. The Labute approximate surface area is 86.2 Å². The van der Waals surface area contributed by atoms with Gasteiger partial charge in [-0.3, -0.25) is 14.9 Å². The molecule has 0 saturated carbocycles. The van der Waals surface area contributed by atoms with Gasteiger partial charge in [-0.05, 0) is 23.8 Å². The molecule has 0 unspecified atom stereocenters. The van der Waals surface area contributed by atoms with Crippen molar-refractivity contribution in [2.24, 2.45) is 0 Å². The fourth-order valence-corrected chi connectivity index (χ4v) is 1.39. The Morgan fingerprint density at radius 2 is 1.87 bits per heavy atom. The van der Waals surface area contributed by atoms with Crippen LogP contribution in [0.1, 0.15) is 12.0 Å². The third-order valence-electron chi connectivity index (χ3n) is 2.13. The summed E-state index contributed by atoms with van der Waals surface area (Å²) in [7, 11) is 0. The summed E-state index contributed by atoms with van der Waals surface area (Å²) in [5.41, 5.74) is 1.23. The van der Waals surface area contributed by atoms with Crippen LogP contribution >= 0.6 is 0 Å². The number of aromatic hydroxyl groups is 1. The first-order valence-electron chi connectivity index (χ1n) is 4.49. The number of hydrogen-bond acceptors (Lipinski definition) is 3. The van der Waals surface area contributed by atoms with E-state index in [1.54, 1.807) is 18.2 Å². The van der Waals surface area contributed by atoms with E-state index in [-0.39, 0.29) is 24.0 Å². The van der Waals surface area contributed by atoms with Gasteiger partial charge in [0.1, 0.15) is 5.75 Å². The molecule has 2 amide bonds. The first-order valence-corrected chi connectivity index (χ1v) is 4.49. The quantitative estimate of drug-likeness (QED) is 0.524. The molecule has 4 heteroatoms. The van der Waals surface area contributed by atoms with Crippen molar-refractivity contribution in [1.29, 1.82) is 0 Å². The number of hydrogen-bond donors (Lipinski definition) is 2. The molecule has 2 rings (SSSR count). The first-order chi connectivity index (χ1) is 7.15. The van der Waals surface area contributed by atoms with Crippen molar-refractivity contribution in [2.45, 2.75) is 6.42 Å². The Morgan fingerprint density at radius 3 is 2.40 bits per heavy atom. The Bertz CT molecular complexity index is 445. The fraction of sp³-hybridized carbons (Fsp3) is 0.0909. The fourth-order valence-electron chi connectivity index (χ4n) is 1.39. The van der Waals surface area contributed by atoms with Gasteiger partial charge in [0.15, 0.2) is 0 Å². The highest BCUT2D eigenvalue weighted by Crippen LogP contribution is 2.16. The number of imide groups is 1. The number of carbonyl (C=O) groups is 2. The molecular formula is C11H9NO3. The minimum absolute atomic E-state index is 0.125. The van der Waals surface area contributed by atoms with Crippen molar-refractivity contribution in [2.75, 3.05) is 0 Å². The van der Waals surface area contributed by atoms with Gasteiger partial charge in [0.05, 0.1) is 6.42 Å². The predicted molar refractivity (Wildman–Crippen MR) is 53.9 cm³/mol. The van der Waals surface area contributed by atoms with Crippen LogP contribution in [0, 0.1) is 0 Å². The highest BCUT2D eigenvalue weighted by molar-refractivity contribution is 6.15. The Hall–Kier alpha value is -2.10. The van der Waals surface area contributed by atoms with Crippen LogP contribution in [0.25, 0.3) is 6.08 Å². The number of rotatable bonds is 1. The molecule has 0 atom stereocenters. The maximum atomic E-state index is 11.2. The average molecular weight is 203 g/mol. The van der Waals surface area contributed by atoms with Gasteiger partial charge in [0.25, 0.3) is 5.91 Å². The molecule has 2 N–H and O–H groups in total. The van der Waals surface area contributed by atoms with E-state index in [2.05, 4.69) is 5.32 Å². The molecule has 4 nitrogen and oxygen atoms in total. The third kappa shape index (κ3) is 2.04. The van der Waals surface area contributed by atoms with Crippen LogP contribution in [-0.4, -0.2) is 16.9 Å². The second kappa shape index (κ2) is 3.57. The summed E-state index contributed by atoms with van der Waals surface area (Å²) in [6, 6.07) is 6.42. The zero-order chi connectivity index (χ0) is 10.8. The van der Waals surface area contributed by atoms with Gasteiger partial charge in [0, 0.05) is 5.57 Å². The minimum atomic E-state index is -0.340. The molecule has 1 aliphatic heterocycles. The zero-order valence-electron chi connectivity index (χ0n) is 7.86. The standard InChI is InChI=1S/C11H9NO3/c13-9-3-1-7(2-4-9)5-8-6-10(14)12-11(8)15/h1-5,13H,6H2,(H,12,14,15)/b8-5+. The molecule has 1 fully saturated rings. The van der Waals surface area contributed by atoms with Crippen molar-refractivity contribution in [3.8, 4) is 5.75 Å². The molecule has 1 heterocycles. The summed E-state index contributed by atoms with van der Waals surface area (Å²) in [5, 5.41) is 11.3. The van der Waals surface area contributed by atoms with Gasteiger partial charge in [-0.1, -0.05) is 12.1 Å². The molecule has 1 saturated heterocycles. The SMILES string of the molecule is O=C1C/C(=C\c2ccc(O)cc2)C(=O)N1. The van der Waals surface area contributed by atoms with Crippen molar-refractivity contribution in [3.63, 3.8) is 0 Å². The van der Waals surface area contributed by atoms with Crippen LogP contribution in [0.3, 0.4) is 0 Å². The highest BCUT2D eigenvalue weighted by atomic mass is 16.3. The molecule has 1 aliphatic rings. The number of phenolic OH excluding ortho intramolecular Hbond substituents is 1. The number of nitrogens with one attached hydrogen (secondary N) is 1. The lowest BCUT2D eigenvalue weighted by molar-refractivity contribution is -0.124. The van der Waals surface area contributed by atoms with Crippen LogP contribution in [0.5, 0.6) is 5.75 Å². The molecule has 0 radical (unpaired) electrons. The smallest absolute Gasteiger partial charge is 0.254 e. The number of carbonyl (C=O) groups excluding carboxylic acids is 2. The molecule has 15 heavy (non-hydrogen) atoms. The normalized spacial score (nSPS) is 18.3. The maximum Gasteiger partial charge on any atom is 0.254 e. The van der Waals surface area contributed by atoms with Crippen LogP contribution in [-0.2, 0) is 9.59 Å². The predicted octanol–water partition coefficient (Wildman–Crippen LogP) is 0.822. The summed E-state index contributed by atoms with van der Waals surface area (Å²) in [6.07, 6.45) is 1.76. The van der Waals surface area contributed by atoms with Crippen molar-refractivity contribution in [3.05, 3.63) is 35.4 Å². The van der Waals surface area contributed by atoms with E-state index in [0.717, 1.165) is 5.56 Å². The van der Waals surface area contributed by atoms with Gasteiger partial charge < -0.3 is 5.11 Å². The third-order valence-corrected chi connectivity index (χ3v) is 2.13. The van der Waals surface area contributed by atoms with Gasteiger partial charge in [-0.25, -0.2) is 0 Å². The van der Waals surface area contributed by atoms with Gasteiger partial charge in [-0.2, -0.15) is 0 Å². The van der Waals surface area contributed by atoms with E-state index in [0.29, 0.717) is 5.57 Å². The van der Waals surface area contributed by atoms with Gasteiger partial charge in [0.2, 0.25) is 5.91 Å². The number of phenols is 1. The van der Waals surface area contributed by atoms with Crippen molar-refractivity contribution < 1.29 is 14.7 Å². The highest BCUT2D eigenvalue weighted by Gasteiger charge is 2.23. The maximum absolute atomic E-state index is 11.2. The molecule has 1 aromatic rings. The molecule has 0 aliphatic carbocycles. The zero-order valence-corrected chi connectivity index (χ0v) is 7.86. The van der Waals surface area contributed by atoms with Crippen molar-refractivity contribution >= 4 is 17.9 Å². The Balaban J connectivity index is 2.27. The summed E-state index contributed by atoms with van der Waals surface area (Å²) in [4.78, 5) is 22.1. The van der Waals surface area contributed by atoms with Gasteiger partial charge >= 0.3 is 0 Å². The minimum Gasteiger partial charge on any atom is -0.508 e. The van der Waals surface area contributed by atoms with Gasteiger partial charge in [-0.15, -0.1) is 0 Å². The number of benzene rings is 1. The van der Waals surface area contributed by atoms with E-state index >= 15 is 0 Å². The van der Waals surface area contributed by atoms with Crippen LogP contribution in [0.15, 0.2) is 29.8 Å². The Morgan fingerprint density at radius 1 is 1.20 bits per heavy atom. The summed E-state index contributed by atoms with van der Waals surface area (Å²) in [6.45, 7) is 0. The lowest BCUT2D eigenvalue weighted by Crippen LogP contribution is -2.19. The number of amides is 2. The molecule has 0 aromatic heterocycles. The largest absolute Gasteiger partial charge is 0.508 e. The second-order valence-electron chi connectivity index (χ2n) is 3.32. The lowest BCUT2D eigenvalue weighted by atomic mass is 10.1. The topological polar surface area (TPSA) is 66.4 Å². The lowest BCUT2D eigenvalue weighted by Gasteiger charge is -1.95. The average Bonchev–Trinajstić information content (AvgIpc) is 2.49. The molecular weight excluding hydrogens is 194 g/mol. The van der Waals surface area contributed by atoms with E-state index in [1.165, 1.54) is 12.1 Å². The van der Waals surface area contributed by atoms with E-state index in [9.17, 15) is 9.59 Å². The molecule has 0 spiro atoms. The van der Waals surface area contributed by atoms with E-state index in [1.807, 2.05) is 0 Å². The summed E-state index contributed by atoms with van der Waals surface area (Å²) < 4.78 is 0. The van der Waals surface area contributed by atoms with Crippen LogP contribution < -0.4 is 5.32 Å². The summed E-state index contributed by atoms with van der Waals surface area (Å²) in [5.74, 6) is -0.442. The first kappa shape index (κ1) is 9.45. The molecule has 76 valence electrons. The van der Waals surface area contributed by atoms with Crippen LogP contribution in [0.2, 0.25) is 0 Å². The molecule has 0 bridgehead atoms. The van der Waals surface area contributed by atoms with Crippen molar-refractivity contribution in [1.82, 2.24) is 5.32 Å². The van der Waals surface area contributed by atoms with Crippen LogP contribution in [0.4, 0.5) is 0 Å².